The highest BCUT2D eigenvalue weighted by atomic mass is 16.8. The van der Waals surface area contributed by atoms with Gasteiger partial charge in [0.2, 0.25) is 0 Å². The highest BCUT2D eigenvalue weighted by Crippen LogP contribution is 2.47. The van der Waals surface area contributed by atoms with E-state index < -0.39 is 36.2 Å². The van der Waals surface area contributed by atoms with Crippen molar-refractivity contribution >= 4 is 0 Å². The summed E-state index contributed by atoms with van der Waals surface area (Å²) in [6, 6.07) is 0. The van der Waals surface area contributed by atoms with E-state index in [4.69, 9.17) is 23.7 Å². The topological polar surface area (TPSA) is 66.4 Å². The van der Waals surface area contributed by atoms with Crippen LogP contribution in [0, 0.1) is 0 Å². The fourth-order valence-electron chi connectivity index (χ4n) is 5.09. The molecule has 0 aromatic rings. The second-order valence-corrected chi connectivity index (χ2v) is 8.07. The molecule has 24 heavy (non-hydrogen) atoms. The zero-order valence-corrected chi connectivity index (χ0v) is 14.2. The van der Waals surface area contributed by atoms with E-state index in [1.54, 1.807) is 0 Å². The van der Waals surface area contributed by atoms with Crippen LogP contribution >= 0.6 is 0 Å². The Balaban J connectivity index is 1.24. The number of fused-ring (bicyclic) bond motifs is 1. The van der Waals surface area contributed by atoms with Gasteiger partial charge in [0.15, 0.2) is 17.9 Å². The van der Waals surface area contributed by atoms with Crippen molar-refractivity contribution in [3.8, 4) is 0 Å². The molecule has 5 fully saturated rings. The zero-order valence-electron chi connectivity index (χ0n) is 14.2. The van der Waals surface area contributed by atoms with Gasteiger partial charge >= 0.3 is 0 Å². The van der Waals surface area contributed by atoms with E-state index in [1.165, 1.54) is 12.8 Å². The van der Waals surface area contributed by atoms with Gasteiger partial charge in [0.05, 0.1) is 6.61 Å². The molecule has 5 rings (SSSR count). The van der Waals surface area contributed by atoms with Crippen LogP contribution in [0.5, 0.6) is 0 Å². The zero-order chi connectivity index (χ0) is 16.2. The molecule has 0 radical (unpaired) electrons. The lowest BCUT2D eigenvalue weighted by atomic mass is 9.94. The third kappa shape index (κ3) is 2.54. The average molecular weight is 340 g/mol. The predicted molar refractivity (Wildman–Crippen MR) is 83.1 cm³/mol. The van der Waals surface area contributed by atoms with Crippen LogP contribution in [0.25, 0.3) is 0 Å². The molecule has 2 spiro atoms. The molecule has 1 N–H and O–H groups in total. The summed E-state index contributed by atoms with van der Waals surface area (Å²) in [6.07, 6.45) is 8.38. The van der Waals surface area contributed by atoms with Crippen molar-refractivity contribution in [2.24, 2.45) is 0 Å². The first-order chi connectivity index (χ1) is 11.7. The molecular weight excluding hydrogens is 312 g/mol. The van der Waals surface area contributed by atoms with E-state index in [1.807, 2.05) is 0 Å². The van der Waals surface area contributed by atoms with Crippen LogP contribution in [-0.2, 0) is 23.7 Å². The minimum Gasteiger partial charge on any atom is -0.387 e. The van der Waals surface area contributed by atoms with Gasteiger partial charge in [-0.2, -0.15) is 0 Å². The molecule has 6 nitrogen and oxygen atoms in total. The van der Waals surface area contributed by atoms with Gasteiger partial charge in [-0.1, -0.05) is 12.8 Å². The summed E-state index contributed by atoms with van der Waals surface area (Å²) in [5, 5.41) is 10.8. The summed E-state index contributed by atoms with van der Waals surface area (Å²) in [5.41, 5.74) is 0. The average Bonchev–Trinajstić information content (AvgIpc) is 3.23. The van der Waals surface area contributed by atoms with Gasteiger partial charge in [0.1, 0.15) is 24.4 Å². The summed E-state index contributed by atoms with van der Waals surface area (Å²) in [4.78, 5) is 0. The maximum Gasteiger partial charge on any atom is 0.190 e. The van der Waals surface area contributed by atoms with Crippen LogP contribution in [0.2, 0.25) is 0 Å². The van der Waals surface area contributed by atoms with E-state index in [0.717, 1.165) is 51.4 Å². The number of ether oxygens (including phenoxy) is 5. The van der Waals surface area contributed by atoms with E-state index in [0.29, 0.717) is 6.61 Å². The van der Waals surface area contributed by atoms with E-state index in [-0.39, 0.29) is 6.10 Å². The predicted octanol–water partition coefficient (Wildman–Crippen LogP) is 2.22. The first kappa shape index (κ1) is 16.0. The molecule has 0 bridgehead atoms. The lowest BCUT2D eigenvalue weighted by Gasteiger charge is -2.34. The van der Waals surface area contributed by atoms with Gasteiger partial charge < -0.3 is 28.8 Å². The number of aliphatic hydroxyl groups is 1. The molecule has 5 aliphatic rings. The van der Waals surface area contributed by atoms with Gasteiger partial charge in [-0.3, -0.25) is 0 Å². The maximum absolute atomic E-state index is 10.8. The largest absolute Gasteiger partial charge is 0.387 e. The van der Waals surface area contributed by atoms with E-state index in [9.17, 15) is 5.11 Å². The minimum absolute atomic E-state index is 0.238. The molecule has 0 aromatic heterocycles. The second kappa shape index (κ2) is 5.89. The Labute approximate surface area is 142 Å². The molecule has 0 unspecified atom stereocenters. The number of aliphatic hydroxyl groups excluding tert-OH is 1. The SMILES string of the molecule is O[C@@H]1[C@H]2OC3(CCCCC3)O[C@H]2O[C@@H]1[C@H]1COC2(CCCCC2)O1. The third-order valence-corrected chi connectivity index (χ3v) is 6.39. The van der Waals surface area contributed by atoms with Crippen molar-refractivity contribution in [3.05, 3.63) is 0 Å². The molecule has 0 aromatic carbocycles. The Morgan fingerprint density at radius 1 is 0.708 bits per heavy atom. The lowest BCUT2D eigenvalue weighted by molar-refractivity contribution is -0.259. The number of hydrogen-bond donors (Lipinski definition) is 1. The Morgan fingerprint density at radius 3 is 2.04 bits per heavy atom. The number of rotatable bonds is 1. The molecular formula is C18H28O6. The molecule has 6 heteroatoms. The molecule has 0 amide bonds. The van der Waals surface area contributed by atoms with Crippen LogP contribution in [0.3, 0.4) is 0 Å². The molecule has 5 atom stereocenters. The highest BCUT2D eigenvalue weighted by molar-refractivity contribution is 5.00. The van der Waals surface area contributed by atoms with Gasteiger partial charge in [-0.05, 0) is 25.7 Å². The normalized spacial score (nSPS) is 46.6. The van der Waals surface area contributed by atoms with Gasteiger partial charge in [0, 0.05) is 25.7 Å². The Hall–Kier alpha value is -0.240. The standard InChI is InChI=1S/C18H28O6/c19-13-14(12-11-20-17(22-12)7-3-1-4-8-17)21-16-15(13)23-18(24-16)9-5-2-6-10-18/h12-16,19H,1-11H2/t12-,13+,14-,15-,16-/m1/s1. The fraction of sp³-hybridized carbons (Fsp3) is 1.00. The summed E-state index contributed by atoms with van der Waals surface area (Å²) in [5.74, 6) is -0.979. The summed E-state index contributed by atoms with van der Waals surface area (Å²) >= 11 is 0. The second-order valence-electron chi connectivity index (χ2n) is 8.07. The molecule has 3 aliphatic heterocycles. The number of hydrogen-bond acceptors (Lipinski definition) is 6. The quantitative estimate of drug-likeness (QED) is 0.789. The Kier molecular flexibility index (Phi) is 3.92. The van der Waals surface area contributed by atoms with Crippen molar-refractivity contribution in [2.45, 2.75) is 106 Å². The van der Waals surface area contributed by atoms with Crippen LogP contribution < -0.4 is 0 Å². The van der Waals surface area contributed by atoms with Crippen molar-refractivity contribution in [1.82, 2.24) is 0 Å². The van der Waals surface area contributed by atoms with Crippen molar-refractivity contribution in [1.29, 1.82) is 0 Å². The third-order valence-electron chi connectivity index (χ3n) is 6.39. The molecule has 3 saturated heterocycles. The van der Waals surface area contributed by atoms with Gasteiger partial charge in [0.25, 0.3) is 0 Å². The maximum atomic E-state index is 10.8. The molecule has 136 valence electrons. The van der Waals surface area contributed by atoms with Crippen molar-refractivity contribution < 1.29 is 28.8 Å². The van der Waals surface area contributed by atoms with Crippen LogP contribution in [0.15, 0.2) is 0 Å². The van der Waals surface area contributed by atoms with E-state index in [2.05, 4.69) is 0 Å². The Morgan fingerprint density at radius 2 is 1.38 bits per heavy atom. The molecule has 2 aliphatic carbocycles. The van der Waals surface area contributed by atoms with Crippen molar-refractivity contribution in [3.63, 3.8) is 0 Å². The summed E-state index contributed by atoms with van der Waals surface area (Å²) in [7, 11) is 0. The highest BCUT2D eigenvalue weighted by Gasteiger charge is 2.60. The van der Waals surface area contributed by atoms with E-state index >= 15 is 0 Å². The van der Waals surface area contributed by atoms with Crippen LogP contribution in [-0.4, -0.2) is 54.0 Å². The monoisotopic (exact) mass is 340 g/mol. The van der Waals surface area contributed by atoms with Gasteiger partial charge in [-0.15, -0.1) is 0 Å². The smallest absolute Gasteiger partial charge is 0.190 e. The first-order valence-corrected chi connectivity index (χ1v) is 9.70. The molecule has 2 saturated carbocycles. The molecule has 3 heterocycles. The minimum atomic E-state index is -0.719. The summed E-state index contributed by atoms with van der Waals surface area (Å²) in [6.45, 7) is 0.478. The van der Waals surface area contributed by atoms with Crippen molar-refractivity contribution in [2.75, 3.05) is 6.61 Å². The first-order valence-electron chi connectivity index (χ1n) is 9.70. The van der Waals surface area contributed by atoms with Crippen LogP contribution in [0.1, 0.15) is 64.2 Å². The van der Waals surface area contributed by atoms with Crippen LogP contribution in [0.4, 0.5) is 0 Å². The fourth-order valence-corrected chi connectivity index (χ4v) is 5.09. The summed E-state index contributed by atoms with van der Waals surface area (Å²) < 4.78 is 30.5. The Bertz CT molecular complexity index is 470. The van der Waals surface area contributed by atoms with Gasteiger partial charge in [-0.25, -0.2) is 0 Å². The lowest BCUT2D eigenvalue weighted by Crippen LogP contribution is -2.44.